The van der Waals surface area contributed by atoms with E-state index >= 15 is 0 Å². The lowest BCUT2D eigenvalue weighted by Gasteiger charge is -2.25. The van der Waals surface area contributed by atoms with Crippen LogP contribution >= 0.6 is 45.5 Å². The second-order valence-corrected chi connectivity index (χ2v) is 8.44. The average molecular weight is 404 g/mol. The maximum Gasteiger partial charge on any atom is 0.0660 e. The van der Waals surface area contributed by atoms with Gasteiger partial charge in [0.05, 0.1) is 8.93 Å². The van der Waals surface area contributed by atoms with Crippen molar-refractivity contribution in [2.24, 2.45) is 0 Å². The molecule has 19 heavy (non-hydrogen) atoms. The molecule has 4 heteroatoms. The van der Waals surface area contributed by atoms with E-state index in [-0.39, 0.29) is 0 Å². The quantitative estimate of drug-likeness (QED) is 0.624. The van der Waals surface area contributed by atoms with Gasteiger partial charge >= 0.3 is 0 Å². The summed E-state index contributed by atoms with van der Waals surface area (Å²) in [7, 11) is 0. The molecule has 0 fully saturated rings. The van der Waals surface area contributed by atoms with Crippen molar-refractivity contribution in [3.05, 3.63) is 48.2 Å². The fourth-order valence-electron chi connectivity index (χ4n) is 2.61. The lowest BCUT2D eigenvalue weighted by molar-refractivity contribution is 0.608. The molecule has 1 N–H and O–H groups in total. The number of fused-ring (bicyclic) bond motifs is 1. The van der Waals surface area contributed by atoms with E-state index < -0.39 is 0 Å². The number of benzene rings is 1. The predicted octanol–water partition coefficient (Wildman–Crippen LogP) is 5.80. The van der Waals surface area contributed by atoms with Gasteiger partial charge in [-0.3, -0.25) is 0 Å². The van der Waals surface area contributed by atoms with Crippen LogP contribution in [0.4, 0.5) is 5.69 Å². The Hall–Kier alpha value is -0.260. The van der Waals surface area contributed by atoms with Crippen molar-refractivity contribution in [2.75, 3.05) is 5.32 Å². The summed E-state index contributed by atoms with van der Waals surface area (Å²) in [6, 6.07) is 8.81. The van der Waals surface area contributed by atoms with E-state index in [0.717, 1.165) is 10.7 Å². The fraction of sp³-hybridized carbons (Fsp3) is 0.333. The van der Waals surface area contributed by atoms with E-state index in [1.807, 2.05) is 23.5 Å². The Kier molecular flexibility index (Phi) is 4.06. The van der Waals surface area contributed by atoms with Crippen molar-refractivity contribution in [3.63, 3.8) is 0 Å². The molecule has 1 aromatic heterocycles. The molecular formula is C15H15ClINS. The zero-order chi connectivity index (χ0) is 13.4. The Bertz CT molecular complexity index is 608. The Balaban J connectivity index is 1.90. The Morgan fingerprint density at radius 1 is 1.37 bits per heavy atom. The van der Waals surface area contributed by atoms with Crippen LogP contribution < -0.4 is 5.32 Å². The lowest BCUT2D eigenvalue weighted by atomic mass is 9.93. The number of hydrogen-bond donors (Lipinski definition) is 1. The van der Waals surface area contributed by atoms with E-state index in [1.54, 1.807) is 4.88 Å². The minimum Gasteiger partial charge on any atom is -0.378 e. The summed E-state index contributed by atoms with van der Waals surface area (Å²) in [4.78, 5) is 1.55. The zero-order valence-corrected chi connectivity index (χ0v) is 14.4. The first-order valence-electron chi connectivity index (χ1n) is 6.44. The molecule has 2 aromatic rings. The summed E-state index contributed by atoms with van der Waals surface area (Å²) >= 11 is 10.5. The van der Waals surface area contributed by atoms with E-state index in [9.17, 15) is 0 Å². The fourth-order valence-corrected chi connectivity index (χ4v) is 4.90. The van der Waals surface area contributed by atoms with Crippen LogP contribution in [0.1, 0.15) is 34.9 Å². The maximum atomic E-state index is 6.10. The van der Waals surface area contributed by atoms with E-state index in [2.05, 4.69) is 47.0 Å². The van der Waals surface area contributed by atoms with Crippen molar-refractivity contribution in [2.45, 2.75) is 32.2 Å². The second kappa shape index (κ2) is 5.62. The van der Waals surface area contributed by atoms with Crippen molar-refractivity contribution < 1.29 is 0 Å². The van der Waals surface area contributed by atoms with Crippen molar-refractivity contribution in [1.82, 2.24) is 0 Å². The van der Waals surface area contributed by atoms with Crippen LogP contribution in [0.2, 0.25) is 5.02 Å². The summed E-state index contributed by atoms with van der Waals surface area (Å²) in [6.07, 6.45) is 3.70. The molecule has 100 valence electrons. The van der Waals surface area contributed by atoms with Crippen molar-refractivity contribution >= 4 is 51.2 Å². The van der Waals surface area contributed by atoms with Gasteiger partial charge in [0.1, 0.15) is 0 Å². The molecule has 1 aromatic carbocycles. The molecule has 0 radical (unpaired) electrons. The Morgan fingerprint density at radius 2 is 2.21 bits per heavy atom. The van der Waals surface area contributed by atoms with Crippen LogP contribution in [-0.2, 0) is 6.42 Å². The van der Waals surface area contributed by atoms with Crippen LogP contribution in [0, 0.1) is 9.81 Å². The normalized spacial score (nSPS) is 18.2. The van der Waals surface area contributed by atoms with Gasteiger partial charge in [0, 0.05) is 15.6 Å². The maximum absolute atomic E-state index is 6.10. The number of aryl methyl sites for hydroxylation is 2. The average Bonchev–Trinajstić information content (AvgIpc) is 2.75. The van der Waals surface area contributed by atoms with Crippen molar-refractivity contribution in [3.8, 4) is 0 Å². The monoisotopic (exact) mass is 403 g/mol. The molecule has 1 nitrogen and oxygen atoms in total. The van der Waals surface area contributed by atoms with Gasteiger partial charge in [0.25, 0.3) is 0 Å². The van der Waals surface area contributed by atoms with Gasteiger partial charge in [-0.15, -0.1) is 11.3 Å². The van der Waals surface area contributed by atoms with Gasteiger partial charge < -0.3 is 5.32 Å². The summed E-state index contributed by atoms with van der Waals surface area (Å²) in [6.45, 7) is 2.12. The minimum atomic E-state index is 0.431. The standard InChI is InChI=1S/C15H15ClINS/c1-9-5-6-10(16)7-13(9)18-12-3-2-4-14-11(12)8-15(17)19-14/h5-8,12,18H,2-4H2,1H3. The second-order valence-electron chi connectivity index (χ2n) is 4.98. The van der Waals surface area contributed by atoms with Crippen LogP contribution in [0.5, 0.6) is 0 Å². The lowest BCUT2D eigenvalue weighted by Crippen LogP contribution is -2.16. The highest BCUT2D eigenvalue weighted by Gasteiger charge is 2.22. The van der Waals surface area contributed by atoms with Gasteiger partial charge in [-0.05, 0) is 78.1 Å². The van der Waals surface area contributed by atoms with Crippen LogP contribution in [0.3, 0.4) is 0 Å². The summed E-state index contributed by atoms with van der Waals surface area (Å²) in [5.74, 6) is 0. The molecule has 0 saturated heterocycles. The molecule has 1 aliphatic rings. The molecule has 3 rings (SSSR count). The topological polar surface area (TPSA) is 12.0 Å². The molecule has 1 unspecified atom stereocenters. The summed E-state index contributed by atoms with van der Waals surface area (Å²) < 4.78 is 1.39. The van der Waals surface area contributed by atoms with Gasteiger partial charge in [0.2, 0.25) is 0 Å². The highest BCUT2D eigenvalue weighted by atomic mass is 127. The van der Waals surface area contributed by atoms with Gasteiger partial charge in [-0.1, -0.05) is 17.7 Å². The molecule has 1 atom stereocenters. The zero-order valence-electron chi connectivity index (χ0n) is 10.7. The smallest absolute Gasteiger partial charge is 0.0660 e. The predicted molar refractivity (Wildman–Crippen MR) is 92.5 cm³/mol. The van der Waals surface area contributed by atoms with Gasteiger partial charge in [-0.2, -0.15) is 0 Å². The molecule has 0 amide bonds. The van der Waals surface area contributed by atoms with Crippen LogP contribution in [-0.4, -0.2) is 0 Å². The number of halogens is 2. The largest absolute Gasteiger partial charge is 0.378 e. The van der Waals surface area contributed by atoms with Crippen molar-refractivity contribution in [1.29, 1.82) is 0 Å². The number of rotatable bonds is 2. The SMILES string of the molecule is Cc1ccc(Cl)cc1NC1CCCc2sc(I)cc21. The third-order valence-corrected chi connectivity index (χ3v) is 5.82. The van der Waals surface area contributed by atoms with E-state index in [4.69, 9.17) is 11.6 Å². The molecule has 0 saturated carbocycles. The third kappa shape index (κ3) is 2.93. The first-order chi connectivity index (χ1) is 9.13. The molecule has 0 aliphatic heterocycles. The Morgan fingerprint density at radius 3 is 3.05 bits per heavy atom. The number of hydrogen-bond acceptors (Lipinski definition) is 2. The van der Waals surface area contributed by atoms with Gasteiger partial charge in [-0.25, -0.2) is 0 Å². The summed E-state index contributed by atoms with van der Waals surface area (Å²) in [5, 5.41) is 4.47. The van der Waals surface area contributed by atoms with E-state index in [0.29, 0.717) is 6.04 Å². The molecule has 0 spiro atoms. The first kappa shape index (κ1) is 13.7. The van der Waals surface area contributed by atoms with Gasteiger partial charge in [0.15, 0.2) is 0 Å². The first-order valence-corrected chi connectivity index (χ1v) is 8.71. The number of thiophene rings is 1. The number of nitrogens with one attached hydrogen (secondary N) is 1. The minimum absolute atomic E-state index is 0.431. The van der Waals surface area contributed by atoms with E-state index in [1.165, 1.54) is 33.3 Å². The molecule has 0 bridgehead atoms. The van der Waals surface area contributed by atoms with Crippen LogP contribution in [0.25, 0.3) is 0 Å². The summed E-state index contributed by atoms with van der Waals surface area (Å²) in [5.41, 5.74) is 3.90. The Labute approximate surface area is 136 Å². The molecular weight excluding hydrogens is 389 g/mol. The highest BCUT2D eigenvalue weighted by Crippen LogP contribution is 2.38. The number of anilines is 1. The third-order valence-electron chi connectivity index (χ3n) is 3.61. The molecule has 1 heterocycles. The highest BCUT2D eigenvalue weighted by molar-refractivity contribution is 14.1. The molecule has 1 aliphatic carbocycles. The van der Waals surface area contributed by atoms with Crippen LogP contribution in [0.15, 0.2) is 24.3 Å².